The van der Waals surface area contributed by atoms with Crippen LogP contribution in [-0.4, -0.2) is 69.1 Å². The fourth-order valence-electron chi connectivity index (χ4n) is 2.86. The molecule has 0 radical (unpaired) electrons. The number of anilines is 1. The van der Waals surface area contributed by atoms with Gasteiger partial charge in [-0.15, -0.1) is 0 Å². The van der Waals surface area contributed by atoms with Crippen LogP contribution in [0.2, 0.25) is 0 Å². The van der Waals surface area contributed by atoms with Gasteiger partial charge < -0.3 is 19.7 Å². The van der Waals surface area contributed by atoms with Crippen LogP contribution in [-0.2, 0) is 14.3 Å². The van der Waals surface area contributed by atoms with Crippen molar-refractivity contribution in [3.63, 3.8) is 0 Å². The van der Waals surface area contributed by atoms with E-state index in [4.69, 9.17) is 4.74 Å². The van der Waals surface area contributed by atoms with Gasteiger partial charge in [-0.3, -0.25) is 14.5 Å². The lowest BCUT2D eigenvalue weighted by Crippen LogP contribution is -2.32. The first-order valence-electron chi connectivity index (χ1n) is 10.0. The van der Waals surface area contributed by atoms with E-state index in [1.807, 2.05) is 73.6 Å². The maximum Gasteiger partial charge on any atom is 0.306 e. The molecular weight excluding hydrogens is 382 g/mol. The number of amides is 1. The number of methoxy groups -OCH3 is 1. The number of esters is 1. The summed E-state index contributed by atoms with van der Waals surface area (Å²) in [6.07, 6.45) is 1.30. The van der Waals surface area contributed by atoms with E-state index in [1.54, 1.807) is 0 Å². The van der Waals surface area contributed by atoms with Crippen molar-refractivity contribution in [2.75, 3.05) is 52.7 Å². The molecule has 1 amide bonds. The fourth-order valence-corrected chi connectivity index (χ4v) is 2.86. The van der Waals surface area contributed by atoms with Crippen LogP contribution in [0.3, 0.4) is 0 Å². The van der Waals surface area contributed by atoms with Crippen molar-refractivity contribution in [1.82, 2.24) is 9.80 Å². The summed E-state index contributed by atoms with van der Waals surface area (Å²) in [4.78, 5) is 27.5. The highest BCUT2D eigenvalue weighted by Crippen LogP contribution is 2.22. The number of carbonyl (C=O) groups is 2. The molecule has 7 nitrogen and oxygen atoms in total. The van der Waals surface area contributed by atoms with Gasteiger partial charge in [-0.1, -0.05) is 18.2 Å². The molecule has 1 N–H and O–H groups in total. The SMILES string of the molecule is COC(=O)CCN(C)CCCN(C)CC(=O)Nc1ccc(Oc2ccccc2)cc1. The van der Waals surface area contributed by atoms with Crippen LogP contribution in [0.4, 0.5) is 5.69 Å². The number of nitrogens with one attached hydrogen (secondary N) is 1. The van der Waals surface area contributed by atoms with Gasteiger partial charge in [0, 0.05) is 12.2 Å². The minimum absolute atomic E-state index is 0.0618. The van der Waals surface area contributed by atoms with E-state index in [1.165, 1.54) is 7.11 Å². The maximum absolute atomic E-state index is 12.3. The van der Waals surface area contributed by atoms with E-state index in [9.17, 15) is 9.59 Å². The summed E-state index contributed by atoms with van der Waals surface area (Å²) >= 11 is 0. The molecule has 2 rings (SSSR count). The predicted molar refractivity (Wildman–Crippen MR) is 118 cm³/mol. The summed E-state index contributed by atoms with van der Waals surface area (Å²) < 4.78 is 10.4. The summed E-state index contributed by atoms with van der Waals surface area (Å²) in [5, 5.41) is 2.90. The van der Waals surface area contributed by atoms with Crippen molar-refractivity contribution >= 4 is 17.6 Å². The molecule has 0 spiro atoms. The van der Waals surface area contributed by atoms with E-state index >= 15 is 0 Å². The maximum atomic E-state index is 12.3. The number of benzene rings is 2. The van der Waals surface area contributed by atoms with Gasteiger partial charge >= 0.3 is 5.97 Å². The Kier molecular flexibility index (Phi) is 9.83. The average molecular weight is 414 g/mol. The molecule has 30 heavy (non-hydrogen) atoms. The van der Waals surface area contributed by atoms with Crippen LogP contribution in [0.1, 0.15) is 12.8 Å². The number of carbonyl (C=O) groups excluding carboxylic acids is 2. The Morgan fingerprint density at radius 1 is 0.867 bits per heavy atom. The lowest BCUT2D eigenvalue weighted by Gasteiger charge is -2.19. The number of nitrogens with zero attached hydrogens (tertiary/aromatic N) is 2. The molecule has 0 fully saturated rings. The van der Waals surface area contributed by atoms with Crippen LogP contribution in [0.15, 0.2) is 54.6 Å². The molecule has 0 aliphatic carbocycles. The van der Waals surface area contributed by atoms with Crippen molar-refractivity contribution in [3.05, 3.63) is 54.6 Å². The molecule has 0 saturated heterocycles. The highest BCUT2D eigenvalue weighted by molar-refractivity contribution is 5.92. The second-order valence-electron chi connectivity index (χ2n) is 7.21. The normalized spacial score (nSPS) is 10.8. The largest absolute Gasteiger partial charge is 0.469 e. The molecule has 0 bridgehead atoms. The minimum atomic E-state index is -0.199. The number of rotatable bonds is 12. The third-order valence-corrected chi connectivity index (χ3v) is 4.54. The second kappa shape index (κ2) is 12.6. The Morgan fingerprint density at radius 2 is 1.50 bits per heavy atom. The summed E-state index contributed by atoms with van der Waals surface area (Å²) in [5.41, 5.74) is 0.733. The van der Waals surface area contributed by atoms with E-state index in [0.717, 1.165) is 30.9 Å². The van der Waals surface area contributed by atoms with Gasteiger partial charge in [-0.2, -0.15) is 0 Å². The van der Waals surface area contributed by atoms with Crippen molar-refractivity contribution in [1.29, 1.82) is 0 Å². The average Bonchev–Trinajstić information content (AvgIpc) is 2.74. The van der Waals surface area contributed by atoms with E-state index in [0.29, 0.717) is 25.3 Å². The molecular formula is C23H31N3O4. The van der Waals surface area contributed by atoms with Crippen LogP contribution in [0.25, 0.3) is 0 Å². The van der Waals surface area contributed by atoms with E-state index in [-0.39, 0.29) is 11.9 Å². The second-order valence-corrected chi connectivity index (χ2v) is 7.21. The molecule has 0 atom stereocenters. The van der Waals surface area contributed by atoms with Crippen LogP contribution < -0.4 is 10.1 Å². The first kappa shape index (κ1) is 23.4. The quantitative estimate of drug-likeness (QED) is 0.539. The van der Waals surface area contributed by atoms with Gasteiger partial charge in [0.15, 0.2) is 0 Å². The number of hydrogen-bond donors (Lipinski definition) is 1. The third-order valence-electron chi connectivity index (χ3n) is 4.54. The van der Waals surface area contributed by atoms with Crippen molar-refractivity contribution in [2.45, 2.75) is 12.8 Å². The van der Waals surface area contributed by atoms with Gasteiger partial charge in [-0.05, 0) is 70.0 Å². The zero-order chi connectivity index (χ0) is 21.8. The first-order valence-corrected chi connectivity index (χ1v) is 10.0. The van der Waals surface area contributed by atoms with Gasteiger partial charge in [-0.25, -0.2) is 0 Å². The minimum Gasteiger partial charge on any atom is -0.469 e. The van der Waals surface area contributed by atoms with Crippen LogP contribution in [0, 0.1) is 0 Å². The van der Waals surface area contributed by atoms with Crippen molar-refractivity contribution in [3.8, 4) is 11.5 Å². The first-order chi connectivity index (χ1) is 14.5. The Morgan fingerprint density at radius 3 is 2.17 bits per heavy atom. The monoisotopic (exact) mass is 413 g/mol. The zero-order valence-electron chi connectivity index (χ0n) is 18.0. The third kappa shape index (κ3) is 9.07. The topological polar surface area (TPSA) is 71.1 Å². The molecule has 162 valence electrons. The van der Waals surface area contributed by atoms with Crippen LogP contribution in [0.5, 0.6) is 11.5 Å². The lowest BCUT2D eigenvalue weighted by atomic mass is 10.3. The standard InChI is InChI=1S/C23H31N3O4/c1-25(17-14-23(28)29-3)15-7-16-26(2)18-22(27)24-19-10-12-21(13-11-19)30-20-8-5-4-6-9-20/h4-6,8-13H,7,14-18H2,1-3H3,(H,24,27). The number of likely N-dealkylation sites (N-methyl/N-ethyl adjacent to an activating group) is 1. The van der Waals surface area contributed by atoms with E-state index in [2.05, 4.69) is 15.0 Å². The van der Waals surface area contributed by atoms with Gasteiger partial charge in [0.1, 0.15) is 11.5 Å². The number of para-hydroxylation sites is 1. The highest BCUT2D eigenvalue weighted by Gasteiger charge is 2.09. The lowest BCUT2D eigenvalue weighted by molar-refractivity contribution is -0.140. The smallest absolute Gasteiger partial charge is 0.306 e. The molecule has 0 unspecified atom stereocenters. The molecule has 0 aliphatic heterocycles. The molecule has 0 aromatic heterocycles. The molecule has 0 heterocycles. The predicted octanol–water partition coefficient (Wildman–Crippen LogP) is 3.23. The van der Waals surface area contributed by atoms with Crippen molar-refractivity contribution in [2.24, 2.45) is 0 Å². The fraction of sp³-hybridized carbons (Fsp3) is 0.391. The summed E-state index contributed by atoms with van der Waals surface area (Å²) in [5.74, 6) is 1.23. The summed E-state index contributed by atoms with van der Waals surface area (Å²) in [7, 11) is 5.29. The van der Waals surface area contributed by atoms with Crippen LogP contribution >= 0.6 is 0 Å². The Labute approximate surface area is 178 Å². The van der Waals surface area contributed by atoms with E-state index < -0.39 is 0 Å². The van der Waals surface area contributed by atoms with Gasteiger partial charge in [0.05, 0.1) is 20.1 Å². The molecule has 0 saturated carbocycles. The molecule has 7 heteroatoms. The van der Waals surface area contributed by atoms with Gasteiger partial charge in [0.25, 0.3) is 0 Å². The Hall–Kier alpha value is -2.90. The zero-order valence-corrected chi connectivity index (χ0v) is 18.0. The molecule has 2 aromatic rings. The Bertz CT molecular complexity index is 781. The van der Waals surface area contributed by atoms with Gasteiger partial charge in [0.2, 0.25) is 5.91 Å². The number of ether oxygens (including phenoxy) is 2. The summed E-state index contributed by atoms with van der Waals surface area (Å²) in [6, 6.07) is 16.9. The highest BCUT2D eigenvalue weighted by atomic mass is 16.5. The Balaban J connectivity index is 1.66. The number of hydrogen-bond acceptors (Lipinski definition) is 6. The molecule has 2 aromatic carbocycles. The van der Waals surface area contributed by atoms with Crippen molar-refractivity contribution < 1.29 is 19.1 Å². The molecule has 0 aliphatic rings. The summed E-state index contributed by atoms with van der Waals surface area (Å²) in [6.45, 7) is 2.63.